The van der Waals surface area contributed by atoms with Crippen LogP contribution in [0.2, 0.25) is 0 Å². The summed E-state index contributed by atoms with van der Waals surface area (Å²) in [6.45, 7) is 1.33. The molecule has 3 aliphatic carbocycles. The Labute approximate surface area is 188 Å². The fourth-order valence-corrected chi connectivity index (χ4v) is 5.58. The number of hydrogen-bond acceptors (Lipinski definition) is 9. The van der Waals surface area contributed by atoms with Crippen molar-refractivity contribution in [3.8, 4) is 5.75 Å². The molecule has 1 amide bonds. The second kappa shape index (κ2) is 7.26. The largest absolute Gasteiger partial charge is 0.510 e. The summed E-state index contributed by atoms with van der Waals surface area (Å²) in [7, 11) is 3.11. The van der Waals surface area contributed by atoms with Gasteiger partial charge in [0, 0.05) is 17.1 Å². The normalized spacial score (nSPS) is 29.1. The van der Waals surface area contributed by atoms with Crippen LogP contribution in [0.1, 0.15) is 39.6 Å². The summed E-state index contributed by atoms with van der Waals surface area (Å²) in [5.74, 6) is -7.49. The number of fused-ring (bicyclic) bond motifs is 3. The second-order valence-electron chi connectivity index (χ2n) is 9.01. The third-order valence-corrected chi connectivity index (χ3v) is 6.99. The molecule has 4 atom stereocenters. The highest BCUT2D eigenvalue weighted by Gasteiger charge is 2.63. The molecular weight excluding hydrogens is 432 g/mol. The summed E-state index contributed by atoms with van der Waals surface area (Å²) in [5, 5.41) is 43.7. The number of carbonyl (C=O) groups excluding carboxylic acids is 4. The number of phenols is 1. The number of rotatable bonds is 3. The Morgan fingerprint density at radius 1 is 1.15 bits per heavy atom. The van der Waals surface area contributed by atoms with Gasteiger partial charge in [0.15, 0.2) is 17.2 Å². The molecule has 3 aliphatic rings. The summed E-state index contributed by atoms with van der Waals surface area (Å²) < 4.78 is 0. The van der Waals surface area contributed by atoms with Crippen molar-refractivity contribution in [1.29, 1.82) is 0 Å². The Morgan fingerprint density at radius 2 is 1.79 bits per heavy atom. The number of primary amides is 1. The minimum Gasteiger partial charge on any atom is -0.510 e. The van der Waals surface area contributed by atoms with Crippen LogP contribution in [-0.2, 0) is 16.0 Å². The van der Waals surface area contributed by atoms with Crippen molar-refractivity contribution in [2.45, 2.75) is 31.4 Å². The van der Waals surface area contributed by atoms with Gasteiger partial charge in [0.1, 0.15) is 22.8 Å². The first-order valence-corrected chi connectivity index (χ1v) is 10.3. The van der Waals surface area contributed by atoms with Crippen LogP contribution in [0.5, 0.6) is 5.75 Å². The summed E-state index contributed by atoms with van der Waals surface area (Å²) in [6, 6.07) is 1.55. The number of amides is 1. The van der Waals surface area contributed by atoms with Gasteiger partial charge in [0.25, 0.3) is 5.91 Å². The number of phenolic OH excluding ortho intramolecular Hbond substituents is 1. The Kier molecular flexibility index (Phi) is 4.99. The van der Waals surface area contributed by atoms with Gasteiger partial charge in [-0.1, -0.05) is 0 Å². The van der Waals surface area contributed by atoms with E-state index in [9.17, 15) is 39.6 Å². The molecule has 0 saturated heterocycles. The molecular formula is C23H24N2O8. The molecule has 4 rings (SSSR count). The zero-order valence-electron chi connectivity index (χ0n) is 18.2. The highest BCUT2D eigenvalue weighted by Crippen LogP contribution is 2.52. The number of aliphatic hydroxyl groups is 3. The maximum Gasteiger partial charge on any atom is 0.255 e. The summed E-state index contributed by atoms with van der Waals surface area (Å²) in [4.78, 5) is 52.1. The van der Waals surface area contributed by atoms with E-state index in [-0.39, 0.29) is 35.3 Å². The monoisotopic (exact) mass is 456 g/mol. The second-order valence-corrected chi connectivity index (χ2v) is 9.01. The average Bonchev–Trinajstić information content (AvgIpc) is 2.70. The van der Waals surface area contributed by atoms with Gasteiger partial charge in [-0.2, -0.15) is 0 Å². The number of carbonyl (C=O) groups is 4. The Morgan fingerprint density at radius 3 is 2.33 bits per heavy atom. The van der Waals surface area contributed by atoms with E-state index in [0.29, 0.717) is 5.56 Å². The van der Waals surface area contributed by atoms with E-state index < -0.39 is 63.8 Å². The lowest BCUT2D eigenvalue weighted by Gasteiger charge is -2.50. The zero-order chi connectivity index (χ0) is 24.6. The number of nitrogens with zero attached hydrogens (tertiary/aromatic N) is 1. The van der Waals surface area contributed by atoms with Gasteiger partial charge < -0.3 is 26.2 Å². The van der Waals surface area contributed by atoms with Crippen molar-refractivity contribution in [3.05, 3.63) is 51.5 Å². The lowest BCUT2D eigenvalue weighted by molar-refractivity contribution is -0.148. The number of Topliss-reactive ketones (excluding diaryl/α,β-unsaturated/α-hetero) is 3. The highest BCUT2D eigenvalue weighted by molar-refractivity contribution is 6.25. The molecule has 1 aromatic carbocycles. The summed E-state index contributed by atoms with van der Waals surface area (Å²) in [5.41, 5.74) is 1.88. The van der Waals surface area contributed by atoms with Gasteiger partial charge in [-0.3, -0.25) is 24.1 Å². The Bertz CT molecular complexity index is 1210. The standard InChI is InChI=1S/C23H24N2O8/c1-8(26)10-4-5-13(27)15-11(10)6-9-7-12-17(25(2)3)19(29)16(22(24)32)21(31)23(12,33)20(30)14(9)18(15)28/h4-5,9,12,17,27,29-30,33H,6-7H2,1-3H3,(H2,24,32)/t9-,12-,17?,23-/m0/s1. The highest BCUT2D eigenvalue weighted by atomic mass is 16.3. The molecule has 10 heteroatoms. The lowest BCUT2D eigenvalue weighted by Crippen LogP contribution is -2.63. The number of hydrogen-bond donors (Lipinski definition) is 5. The van der Waals surface area contributed by atoms with Crippen molar-refractivity contribution in [1.82, 2.24) is 4.90 Å². The summed E-state index contributed by atoms with van der Waals surface area (Å²) >= 11 is 0. The third kappa shape index (κ3) is 2.87. The van der Waals surface area contributed by atoms with Crippen molar-refractivity contribution in [2.24, 2.45) is 17.6 Å². The molecule has 1 unspecified atom stereocenters. The molecule has 1 aromatic rings. The third-order valence-electron chi connectivity index (χ3n) is 6.99. The molecule has 174 valence electrons. The Hall–Kier alpha value is -3.50. The predicted octanol–water partition coefficient (Wildman–Crippen LogP) is 0.323. The van der Waals surface area contributed by atoms with E-state index >= 15 is 0 Å². The van der Waals surface area contributed by atoms with E-state index in [1.807, 2.05) is 0 Å². The lowest BCUT2D eigenvalue weighted by atomic mass is 9.58. The van der Waals surface area contributed by atoms with Crippen LogP contribution in [-0.4, -0.2) is 74.3 Å². The zero-order valence-corrected chi connectivity index (χ0v) is 18.2. The van der Waals surface area contributed by atoms with Gasteiger partial charge in [0.2, 0.25) is 5.78 Å². The number of likely N-dealkylation sites (N-methyl/N-ethyl adjacent to an activating group) is 1. The Balaban J connectivity index is 1.99. The predicted molar refractivity (Wildman–Crippen MR) is 114 cm³/mol. The summed E-state index contributed by atoms with van der Waals surface area (Å²) in [6.07, 6.45) is 0.0522. The smallest absolute Gasteiger partial charge is 0.255 e. The number of nitrogens with two attached hydrogens (primary N) is 1. The molecule has 0 heterocycles. The fraction of sp³-hybridized carbons (Fsp3) is 0.391. The van der Waals surface area contributed by atoms with Crippen LogP contribution in [0.15, 0.2) is 34.8 Å². The molecule has 6 N–H and O–H groups in total. The van der Waals surface area contributed by atoms with Gasteiger partial charge in [-0.15, -0.1) is 0 Å². The molecule has 33 heavy (non-hydrogen) atoms. The minimum absolute atomic E-state index is 0.0290. The van der Waals surface area contributed by atoms with Gasteiger partial charge in [-0.25, -0.2) is 0 Å². The van der Waals surface area contributed by atoms with Crippen molar-refractivity contribution < 1.29 is 39.6 Å². The average molecular weight is 456 g/mol. The van der Waals surface area contributed by atoms with Gasteiger partial charge >= 0.3 is 0 Å². The first-order valence-electron chi connectivity index (χ1n) is 10.3. The van der Waals surface area contributed by atoms with Crippen LogP contribution in [0.25, 0.3) is 0 Å². The SMILES string of the molecule is CC(=O)c1ccc(O)c2c1C[C@H]1C[C@H]3C(N(C)C)C(O)=C(C(N)=O)C(=O)[C@@]3(O)C(O)=C1C2=O. The molecule has 0 aromatic heterocycles. The number of aliphatic hydroxyl groups excluding tert-OH is 2. The topological polar surface area (TPSA) is 178 Å². The maximum atomic E-state index is 13.4. The van der Waals surface area contributed by atoms with Crippen molar-refractivity contribution >= 4 is 23.3 Å². The number of ketones is 3. The quantitative estimate of drug-likeness (QED) is 0.316. The molecule has 10 nitrogen and oxygen atoms in total. The minimum atomic E-state index is -2.68. The van der Waals surface area contributed by atoms with Crippen LogP contribution < -0.4 is 5.73 Å². The first kappa shape index (κ1) is 22.7. The van der Waals surface area contributed by atoms with Crippen LogP contribution in [0, 0.1) is 11.8 Å². The van der Waals surface area contributed by atoms with E-state index in [0.717, 1.165) is 0 Å². The fourth-order valence-electron chi connectivity index (χ4n) is 5.58. The molecule has 0 fully saturated rings. The molecule has 0 radical (unpaired) electrons. The van der Waals surface area contributed by atoms with E-state index in [4.69, 9.17) is 5.73 Å². The number of allylic oxidation sites excluding steroid dienone is 1. The van der Waals surface area contributed by atoms with Crippen molar-refractivity contribution in [3.63, 3.8) is 0 Å². The van der Waals surface area contributed by atoms with E-state index in [1.54, 1.807) is 14.1 Å². The first-order chi connectivity index (χ1) is 15.3. The molecule has 0 saturated carbocycles. The van der Waals surface area contributed by atoms with Crippen molar-refractivity contribution in [2.75, 3.05) is 14.1 Å². The van der Waals surface area contributed by atoms with Gasteiger partial charge in [-0.05, 0) is 57.5 Å². The number of aromatic hydroxyl groups is 1. The van der Waals surface area contributed by atoms with Gasteiger partial charge in [0.05, 0.1) is 11.6 Å². The molecule has 0 spiro atoms. The molecule has 0 bridgehead atoms. The van der Waals surface area contributed by atoms with E-state index in [2.05, 4.69) is 0 Å². The number of benzene rings is 1. The molecule has 0 aliphatic heterocycles. The van der Waals surface area contributed by atoms with Crippen LogP contribution in [0.4, 0.5) is 0 Å². The van der Waals surface area contributed by atoms with Crippen LogP contribution in [0.3, 0.4) is 0 Å². The van der Waals surface area contributed by atoms with E-state index in [1.165, 1.54) is 24.0 Å². The maximum absolute atomic E-state index is 13.4. The van der Waals surface area contributed by atoms with Crippen LogP contribution >= 0.6 is 0 Å².